The maximum absolute atomic E-state index is 12.6. The molecule has 1 aromatic carbocycles. The highest BCUT2D eigenvalue weighted by Gasteiger charge is 2.50. The van der Waals surface area contributed by atoms with Crippen molar-refractivity contribution in [3.8, 4) is 0 Å². The van der Waals surface area contributed by atoms with E-state index in [0.717, 1.165) is 38.6 Å². The molecule has 1 saturated heterocycles. The van der Waals surface area contributed by atoms with Crippen LogP contribution in [0.2, 0.25) is 0 Å². The van der Waals surface area contributed by atoms with Crippen molar-refractivity contribution in [3.63, 3.8) is 0 Å². The van der Waals surface area contributed by atoms with E-state index in [4.69, 9.17) is 0 Å². The number of hydrogen-bond acceptors (Lipinski definition) is 2. The van der Waals surface area contributed by atoms with Crippen LogP contribution in [-0.2, 0) is 11.2 Å². The fourth-order valence-corrected chi connectivity index (χ4v) is 3.18. The molecule has 0 radical (unpaired) electrons. The van der Waals surface area contributed by atoms with E-state index < -0.39 is 0 Å². The quantitative estimate of drug-likeness (QED) is 0.898. The van der Waals surface area contributed by atoms with Gasteiger partial charge in [-0.3, -0.25) is 4.79 Å². The number of carbonyl (C=O) groups excluding carboxylic acids is 1. The lowest BCUT2D eigenvalue weighted by molar-refractivity contribution is -0.127. The standard InChI is InChI=1S/C17H24N2O.ClH/c1-13-15(8-5-11-18-13)19-16(20)17(9-10-17)12-14-6-3-2-4-7-14;/h2-4,6-7,13,15,18H,5,8-12H2,1H3,(H,19,20);1H. The molecule has 3 rings (SSSR count). The number of piperidine rings is 1. The molecule has 116 valence electrons. The van der Waals surface area contributed by atoms with Crippen LogP contribution >= 0.6 is 12.4 Å². The summed E-state index contributed by atoms with van der Waals surface area (Å²) in [6.07, 6.45) is 5.20. The maximum atomic E-state index is 12.6. The Morgan fingerprint density at radius 2 is 2.05 bits per heavy atom. The lowest BCUT2D eigenvalue weighted by Crippen LogP contribution is -2.53. The second-order valence-electron chi connectivity index (χ2n) is 6.41. The lowest BCUT2D eigenvalue weighted by Gasteiger charge is -2.32. The van der Waals surface area contributed by atoms with Crippen LogP contribution in [0.4, 0.5) is 0 Å². The van der Waals surface area contributed by atoms with Crippen molar-refractivity contribution in [2.45, 2.75) is 51.1 Å². The lowest BCUT2D eigenvalue weighted by atomic mass is 9.93. The van der Waals surface area contributed by atoms with Crippen molar-refractivity contribution in [2.24, 2.45) is 5.41 Å². The molecule has 0 bridgehead atoms. The third-order valence-corrected chi connectivity index (χ3v) is 4.80. The van der Waals surface area contributed by atoms with Crippen molar-refractivity contribution < 1.29 is 4.79 Å². The molecule has 4 heteroatoms. The third kappa shape index (κ3) is 3.78. The molecule has 1 aromatic rings. The Morgan fingerprint density at radius 3 is 2.67 bits per heavy atom. The molecule has 2 atom stereocenters. The second kappa shape index (κ2) is 6.80. The van der Waals surface area contributed by atoms with Gasteiger partial charge in [-0.15, -0.1) is 12.4 Å². The van der Waals surface area contributed by atoms with Gasteiger partial charge < -0.3 is 10.6 Å². The number of nitrogens with one attached hydrogen (secondary N) is 2. The van der Waals surface area contributed by atoms with E-state index in [9.17, 15) is 4.79 Å². The molecular formula is C17H25ClN2O. The summed E-state index contributed by atoms with van der Waals surface area (Å²) in [5, 5.41) is 6.73. The number of amides is 1. The van der Waals surface area contributed by atoms with E-state index in [-0.39, 0.29) is 23.7 Å². The second-order valence-corrected chi connectivity index (χ2v) is 6.41. The Kier molecular flexibility index (Phi) is 5.28. The van der Waals surface area contributed by atoms with Crippen LogP contribution in [0.15, 0.2) is 30.3 Å². The van der Waals surface area contributed by atoms with Gasteiger partial charge in [0.05, 0.1) is 5.41 Å². The van der Waals surface area contributed by atoms with Crippen molar-refractivity contribution in [1.82, 2.24) is 10.6 Å². The molecule has 1 heterocycles. The molecule has 2 aliphatic rings. The summed E-state index contributed by atoms with van der Waals surface area (Å²) >= 11 is 0. The van der Waals surface area contributed by atoms with Gasteiger partial charge in [0, 0.05) is 12.1 Å². The normalized spacial score (nSPS) is 26.5. The number of rotatable bonds is 4. The Hall–Kier alpha value is -1.06. The molecule has 2 fully saturated rings. The van der Waals surface area contributed by atoms with Gasteiger partial charge in [-0.1, -0.05) is 30.3 Å². The molecule has 0 spiro atoms. The summed E-state index contributed by atoms with van der Waals surface area (Å²) in [7, 11) is 0. The number of halogens is 1. The molecule has 3 nitrogen and oxygen atoms in total. The maximum Gasteiger partial charge on any atom is 0.226 e. The van der Waals surface area contributed by atoms with Gasteiger partial charge in [0.15, 0.2) is 0 Å². The number of benzene rings is 1. The molecule has 21 heavy (non-hydrogen) atoms. The van der Waals surface area contributed by atoms with Crippen LogP contribution in [-0.4, -0.2) is 24.5 Å². The minimum atomic E-state index is -0.126. The first kappa shape index (κ1) is 16.3. The van der Waals surface area contributed by atoms with Gasteiger partial charge >= 0.3 is 0 Å². The highest BCUT2D eigenvalue weighted by molar-refractivity contribution is 5.86. The molecule has 0 aromatic heterocycles. The molecule has 1 aliphatic heterocycles. The van der Waals surface area contributed by atoms with Crippen LogP contribution < -0.4 is 10.6 Å². The third-order valence-electron chi connectivity index (χ3n) is 4.80. The Labute approximate surface area is 133 Å². The van der Waals surface area contributed by atoms with E-state index in [0.29, 0.717) is 12.1 Å². The Bertz CT molecular complexity index is 473. The minimum absolute atomic E-state index is 0. The minimum Gasteiger partial charge on any atom is -0.351 e. The van der Waals surface area contributed by atoms with Crippen molar-refractivity contribution in [3.05, 3.63) is 35.9 Å². The predicted octanol–water partition coefficient (Wildman–Crippen LogP) is 2.69. The first-order valence-electron chi connectivity index (χ1n) is 7.78. The van der Waals surface area contributed by atoms with Gasteiger partial charge in [0.2, 0.25) is 5.91 Å². The summed E-state index contributed by atoms with van der Waals surface area (Å²) in [4.78, 5) is 12.6. The molecular weight excluding hydrogens is 284 g/mol. The van der Waals surface area contributed by atoms with Crippen LogP contribution in [0.25, 0.3) is 0 Å². The average molecular weight is 309 g/mol. The van der Waals surface area contributed by atoms with Gasteiger partial charge in [0.1, 0.15) is 0 Å². The first-order valence-corrected chi connectivity index (χ1v) is 7.78. The zero-order chi connectivity index (χ0) is 14.0. The van der Waals surface area contributed by atoms with Crippen molar-refractivity contribution in [1.29, 1.82) is 0 Å². The number of hydrogen-bond donors (Lipinski definition) is 2. The van der Waals surface area contributed by atoms with Crippen LogP contribution in [0.1, 0.15) is 38.2 Å². The smallest absolute Gasteiger partial charge is 0.226 e. The van der Waals surface area contributed by atoms with E-state index in [1.807, 2.05) is 6.07 Å². The first-order chi connectivity index (χ1) is 9.70. The van der Waals surface area contributed by atoms with Gasteiger partial charge in [-0.25, -0.2) is 0 Å². The summed E-state index contributed by atoms with van der Waals surface area (Å²) in [6.45, 7) is 3.24. The topological polar surface area (TPSA) is 41.1 Å². The summed E-state index contributed by atoms with van der Waals surface area (Å²) in [6, 6.07) is 11.1. The van der Waals surface area contributed by atoms with Crippen molar-refractivity contribution >= 4 is 18.3 Å². The van der Waals surface area contributed by atoms with Crippen LogP contribution in [0.5, 0.6) is 0 Å². The summed E-state index contributed by atoms with van der Waals surface area (Å²) in [5.74, 6) is 0.266. The van der Waals surface area contributed by atoms with Crippen LogP contribution in [0.3, 0.4) is 0 Å². The van der Waals surface area contributed by atoms with Crippen molar-refractivity contribution in [2.75, 3.05) is 6.54 Å². The number of carbonyl (C=O) groups is 1. The van der Waals surface area contributed by atoms with E-state index >= 15 is 0 Å². The highest BCUT2D eigenvalue weighted by atomic mass is 35.5. The zero-order valence-corrected chi connectivity index (χ0v) is 13.4. The zero-order valence-electron chi connectivity index (χ0n) is 12.6. The van der Waals surface area contributed by atoms with Gasteiger partial charge in [-0.05, 0) is 51.1 Å². The summed E-state index contributed by atoms with van der Waals surface area (Å²) in [5.41, 5.74) is 1.15. The summed E-state index contributed by atoms with van der Waals surface area (Å²) < 4.78 is 0. The fourth-order valence-electron chi connectivity index (χ4n) is 3.18. The van der Waals surface area contributed by atoms with Crippen LogP contribution in [0, 0.1) is 5.41 Å². The molecule has 1 aliphatic carbocycles. The largest absolute Gasteiger partial charge is 0.351 e. The monoisotopic (exact) mass is 308 g/mol. The fraction of sp³-hybridized carbons (Fsp3) is 0.588. The average Bonchev–Trinajstić information content (AvgIpc) is 3.23. The Morgan fingerprint density at radius 1 is 1.33 bits per heavy atom. The molecule has 1 saturated carbocycles. The van der Waals surface area contributed by atoms with E-state index in [2.05, 4.69) is 41.8 Å². The molecule has 2 N–H and O–H groups in total. The molecule has 2 unspecified atom stereocenters. The Balaban J connectivity index is 0.00000161. The predicted molar refractivity (Wildman–Crippen MR) is 87.7 cm³/mol. The SMILES string of the molecule is CC1NCCCC1NC(=O)C1(Cc2ccccc2)CC1.Cl. The molecule has 1 amide bonds. The van der Waals surface area contributed by atoms with Gasteiger partial charge in [-0.2, -0.15) is 0 Å². The highest BCUT2D eigenvalue weighted by Crippen LogP contribution is 2.48. The van der Waals surface area contributed by atoms with E-state index in [1.165, 1.54) is 5.56 Å². The van der Waals surface area contributed by atoms with E-state index in [1.54, 1.807) is 0 Å². The van der Waals surface area contributed by atoms with Gasteiger partial charge in [0.25, 0.3) is 0 Å².